The summed E-state index contributed by atoms with van der Waals surface area (Å²) in [6.07, 6.45) is 0. The number of carbonyl (C=O) groups is 1. The molecule has 2 aromatic carbocycles. The van der Waals surface area contributed by atoms with Crippen molar-refractivity contribution in [3.05, 3.63) is 47.0 Å². The molecule has 0 fully saturated rings. The highest BCUT2D eigenvalue weighted by Crippen LogP contribution is 2.42. The number of benzene rings is 2. The van der Waals surface area contributed by atoms with Gasteiger partial charge in [-0.15, -0.1) is 0 Å². The zero-order valence-electron chi connectivity index (χ0n) is 15.8. The Morgan fingerprint density at radius 1 is 1.08 bits per heavy atom. The van der Waals surface area contributed by atoms with E-state index in [1.54, 1.807) is 40.0 Å². The number of aromatic hydroxyl groups is 1. The number of carbonyl (C=O) groups excluding carboxylic acids is 1. The first kappa shape index (κ1) is 18.8. The number of hydrogen-bond acceptors (Lipinski definition) is 4. The van der Waals surface area contributed by atoms with Crippen LogP contribution in [0.5, 0.6) is 11.5 Å². The highest BCUT2D eigenvalue weighted by Gasteiger charge is 2.33. The molecule has 0 aliphatic rings. The van der Waals surface area contributed by atoms with Gasteiger partial charge in [-0.3, -0.25) is 4.79 Å². The van der Waals surface area contributed by atoms with Gasteiger partial charge in [0, 0.05) is 0 Å². The van der Waals surface area contributed by atoms with Crippen molar-refractivity contribution >= 4 is 5.97 Å². The van der Waals surface area contributed by atoms with Gasteiger partial charge in [-0.25, -0.2) is 0 Å². The van der Waals surface area contributed by atoms with Gasteiger partial charge >= 0.3 is 5.97 Å². The van der Waals surface area contributed by atoms with E-state index in [2.05, 4.69) is 6.07 Å². The van der Waals surface area contributed by atoms with E-state index in [0.29, 0.717) is 23.5 Å². The molecule has 0 bridgehead atoms. The zero-order chi connectivity index (χ0) is 18.8. The fraction of sp³-hybridized carbons (Fsp3) is 0.381. The van der Waals surface area contributed by atoms with Gasteiger partial charge in [0.1, 0.15) is 11.5 Å². The molecule has 2 rings (SSSR count). The summed E-state index contributed by atoms with van der Waals surface area (Å²) in [4.78, 5) is 12.3. The molecule has 0 unspecified atom stereocenters. The van der Waals surface area contributed by atoms with Gasteiger partial charge in [0.15, 0.2) is 0 Å². The predicted molar refractivity (Wildman–Crippen MR) is 99.2 cm³/mol. The molecule has 0 aliphatic heterocycles. The fourth-order valence-corrected chi connectivity index (χ4v) is 2.96. The van der Waals surface area contributed by atoms with Crippen molar-refractivity contribution in [1.29, 1.82) is 0 Å². The first-order valence-electron chi connectivity index (χ1n) is 8.38. The summed E-state index contributed by atoms with van der Waals surface area (Å²) in [5, 5.41) is 10.7. The maximum Gasteiger partial charge on any atom is 0.315 e. The molecule has 0 aromatic heterocycles. The summed E-state index contributed by atoms with van der Waals surface area (Å²) in [5.41, 5.74) is 3.47. The van der Waals surface area contributed by atoms with Crippen LogP contribution in [0.25, 0.3) is 11.1 Å². The Bertz CT molecular complexity index is 770. The maximum atomic E-state index is 12.3. The van der Waals surface area contributed by atoms with E-state index in [1.807, 2.05) is 26.0 Å². The van der Waals surface area contributed by atoms with Crippen LogP contribution in [0.2, 0.25) is 0 Å². The first-order valence-corrected chi connectivity index (χ1v) is 8.38. The Kier molecular flexibility index (Phi) is 5.41. The van der Waals surface area contributed by atoms with Crippen LogP contribution >= 0.6 is 0 Å². The van der Waals surface area contributed by atoms with E-state index in [9.17, 15) is 9.90 Å². The molecule has 0 saturated heterocycles. The largest absolute Gasteiger partial charge is 0.507 e. The number of phenolic OH excluding ortho intramolecular Hbond substituents is 1. The second kappa shape index (κ2) is 7.18. The van der Waals surface area contributed by atoms with Crippen LogP contribution in [0.4, 0.5) is 0 Å². The van der Waals surface area contributed by atoms with Gasteiger partial charge in [-0.05, 0) is 57.9 Å². The molecule has 2 aromatic rings. The molecule has 25 heavy (non-hydrogen) atoms. The Hall–Kier alpha value is -2.49. The zero-order valence-corrected chi connectivity index (χ0v) is 15.8. The number of methoxy groups -OCH3 is 1. The van der Waals surface area contributed by atoms with Crippen molar-refractivity contribution in [2.75, 3.05) is 13.7 Å². The molecule has 4 nitrogen and oxygen atoms in total. The Labute approximate surface area is 149 Å². The van der Waals surface area contributed by atoms with E-state index in [4.69, 9.17) is 9.47 Å². The lowest BCUT2D eigenvalue weighted by Gasteiger charge is -2.24. The Balaban J connectivity index is 2.61. The van der Waals surface area contributed by atoms with Gasteiger partial charge in [-0.2, -0.15) is 0 Å². The van der Waals surface area contributed by atoms with E-state index in [1.165, 1.54) is 0 Å². The fourth-order valence-electron chi connectivity index (χ4n) is 2.96. The van der Waals surface area contributed by atoms with Gasteiger partial charge in [0.2, 0.25) is 0 Å². The number of aryl methyl sites for hydroxylation is 2. The molecule has 0 aliphatic carbocycles. The summed E-state index contributed by atoms with van der Waals surface area (Å²) in [6, 6.07) is 9.49. The summed E-state index contributed by atoms with van der Waals surface area (Å²) in [6.45, 7) is 9.66. The third kappa shape index (κ3) is 3.78. The lowest BCUT2D eigenvalue weighted by Crippen LogP contribution is -2.31. The summed E-state index contributed by atoms with van der Waals surface area (Å²) >= 11 is 0. The SMILES string of the molecule is CCOC(=O)C(C)(C)c1cc(O)c(-c2cc(C)cc(C)c2)c(OC)c1. The van der Waals surface area contributed by atoms with Crippen LogP contribution < -0.4 is 4.74 Å². The van der Waals surface area contributed by atoms with Crippen molar-refractivity contribution in [3.63, 3.8) is 0 Å². The molecular formula is C21H26O4. The number of ether oxygens (including phenoxy) is 2. The second-order valence-corrected chi connectivity index (χ2v) is 6.79. The van der Waals surface area contributed by atoms with Crippen molar-refractivity contribution in [3.8, 4) is 22.6 Å². The van der Waals surface area contributed by atoms with Crippen molar-refractivity contribution in [2.24, 2.45) is 0 Å². The predicted octanol–water partition coefficient (Wildman–Crippen LogP) is 4.53. The first-order chi connectivity index (χ1) is 11.7. The standard InChI is InChI=1S/C21H26O4/c1-7-25-20(23)21(4,5)16-11-17(22)19(18(12-16)24-6)15-9-13(2)8-14(3)10-15/h8-12,22H,7H2,1-6H3. The van der Waals surface area contributed by atoms with Crippen LogP contribution in [0.15, 0.2) is 30.3 Å². The lowest BCUT2D eigenvalue weighted by molar-refractivity contribution is -0.148. The van der Waals surface area contributed by atoms with Crippen LogP contribution in [-0.4, -0.2) is 24.8 Å². The van der Waals surface area contributed by atoms with E-state index in [0.717, 1.165) is 16.7 Å². The van der Waals surface area contributed by atoms with Crippen molar-refractivity contribution in [1.82, 2.24) is 0 Å². The third-order valence-corrected chi connectivity index (χ3v) is 4.32. The molecule has 0 saturated carbocycles. The van der Waals surface area contributed by atoms with Gasteiger partial charge in [0.05, 0.1) is 24.7 Å². The average molecular weight is 342 g/mol. The number of esters is 1. The smallest absolute Gasteiger partial charge is 0.315 e. The molecule has 134 valence electrons. The summed E-state index contributed by atoms with van der Waals surface area (Å²) in [7, 11) is 1.56. The molecule has 1 N–H and O–H groups in total. The maximum absolute atomic E-state index is 12.3. The second-order valence-electron chi connectivity index (χ2n) is 6.79. The monoisotopic (exact) mass is 342 g/mol. The van der Waals surface area contributed by atoms with Crippen molar-refractivity contribution < 1.29 is 19.4 Å². The average Bonchev–Trinajstić information content (AvgIpc) is 2.53. The van der Waals surface area contributed by atoms with Crippen molar-refractivity contribution in [2.45, 2.75) is 40.0 Å². The number of phenols is 1. The van der Waals surface area contributed by atoms with E-state index >= 15 is 0 Å². The highest BCUT2D eigenvalue weighted by atomic mass is 16.5. The molecule has 0 atom stereocenters. The molecular weight excluding hydrogens is 316 g/mol. The topological polar surface area (TPSA) is 55.8 Å². The Morgan fingerprint density at radius 3 is 2.20 bits per heavy atom. The van der Waals surface area contributed by atoms with Gasteiger partial charge in [-0.1, -0.05) is 29.3 Å². The van der Waals surface area contributed by atoms with Crippen LogP contribution in [0.3, 0.4) is 0 Å². The van der Waals surface area contributed by atoms with Gasteiger partial charge < -0.3 is 14.6 Å². The van der Waals surface area contributed by atoms with E-state index in [-0.39, 0.29) is 11.7 Å². The summed E-state index contributed by atoms with van der Waals surface area (Å²) in [5.74, 6) is 0.268. The lowest BCUT2D eigenvalue weighted by atomic mass is 9.83. The normalized spacial score (nSPS) is 11.3. The molecule has 0 radical (unpaired) electrons. The molecule has 0 spiro atoms. The van der Waals surface area contributed by atoms with Crippen LogP contribution in [0.1, 0.15) is 37.5 Å². The molecule has 4 heteroatoms. The van der Waals surface area contributed by atoms with Crippen LogP contribution in [-0.2, 0) is 14.9 Å². The highest BCUT2D eigenvalue weighted by molar-refractivity contribution is 5.85. The molecule has 0 heterocycles. The minimum Gasteiger partial charge on any atom is -0.507 e. The van der Waals surface area contributed by atoms with Gasteiger partial charge in [0.25, 0.3) is 0 Å². The van der Waals surface area contributed by atoms with Crippen LogP contribution in [0, 0.1) is 13.8 Å². The quantitative estimate of drug-likeness (QED) is 0.811. The third-order valence-electron chi connectivity index (χ3n) is 4.32. The minimum absolute atomic E-state index is 0.0803. The Morgan fingerprint density at radius 2 is 1.68 bits per heavy atom. The number of hydrogen-bond donors (Lipinski definition) is 1. The molecule has 0 amide bonds. The van der Waals surface area contributed by atoms with E-state index < -0.39 is 5.41 Å². The number of rotatable bonds is 5. The summed E-state index contributed by atoms with van der Waals surface area (Å²) < 4.78 is 10.7. The minimum atomic E-state index is -0.887.